The molecular weight excluding hydrogens is 624 g/mol. The Morgan fingerprint density at radius 3 is 2.30 bits per heavy atom. The van der Waals surface area contributed by atoms with Crippen LogP contribution < -0.4 is 9.64 Å². The minimum Gasteiger partial charge on any atom is -0.410 e. The molecular formula is C41H50N6O3. The van der Waals surface area contributed by atoms with Crippen LogP contribution in [0.2, 0.25) is 0 Å². The second-order valence-electron chi connectivity index (χ2n) is 13.0. The highest BCUT2D eigenvalue weighted by Gasteiger charge is 2.28. The second-order valence-corrected chi connectivity index (χ2v) is 13.0. The zero-order chi connectivity index (χ0) is 34.9. The maximum absolute atomic E-state index is 13.1. The number of para-hydroxylation sites is 2. The van der Waals surface area contributed by atoms with Gasteiger partial charge in [-0.1, -0.05) is 85.5 Å². The Hall–Kier alpha value is -4.70. The molecule has 2 aliphatic rings. The Kier molecular flexibility index (Phi) is 11.8. The smallest absolute Gasteiger partial charge is 0.410 e. The number of anilines is 1. The summed E-state index contributed by atoms with van der Waals surface area (Å²) in [7, 11) is 0. The van der Waals surface area contributed by atoms with Crippen molar-refractivity contribution in [2.45, 2.75) is 33.0 Å². The monoisotopic (exact) mass is 674 g/mol. The number of amides is 1. The van der Waals surface area contributed by atoms with Crippen LogP contribution in [0.5, 0.6) is 5.75 Å². The van der Waals surface area contributed by atoms with Gasteiger partial charge in [0.1, 0.15) is 5.75 Å². The van der Waals surface area contributed by atoms with Crippen LogP contribution in [0, 0.1) is 6.92 Å². The molecule has 0 saturated carbocycles. The fourth-order valence-electron chi connectivity index (χ4n) is 6.95. The number of hydrogen-bond acceptors (Lipinski definition) is 7. The molecule has 0 bridgehead atoms. The van der Waals surface area contributed by atoms with Crippen LogP contribution in [0.25, 0.3) is 11.0 Å². The predicted octanol–water partition coefficient (Wildman–Crippen LogP) is 6.86. The molecule has 9 heteroatoms. The van der Waals surface area contributed by atoms with Crippen LogP contribution in [0.3, 0.4) is 0 Å². The van der Waals surface area contributed by atoms with E-state index < -0.39 is 0 Å². The Morgan fingerprint density at radius 1 is 0.900 bits per heavy atom. The quantitative estimate of drug-likeness (QED) is 0.113. The third-order valence-corrected chi connectivity index (χ3v) is 9.68. The number of benzene rings is 3. The lowest BCUT2D eigenvalue weighted by atomic mass is 9.95. The van der Waals surface area contributed by atoms with E-state index in [0.717, 1.165) is 56.3 Å². The minimum absolute atomic E-state index is 0.152. The van der Waals surface area contributed by atoms with Gasteiger partial charge in [0.2, 0.25) is 5.95 Å². The van der Waals surface area contributed by atoms with Gasteiger partial charge in [0.25, 0.3) is 0 Å². The van der Waals surface area contributed by atoms with E-state index in [4.69, 9.17) is 14.5 Å². The van der Waals surface area contributed by atoms with Crippen molar-refractivity contribution >= 4 is 23.1 Å². The van der Waals surface area contributed by atoms with E-state index in [1.54, 1.807) is 4.90 Å². The van der Waals surface area contributed by atoms with E-state index in [0.29, 0.717) is 45.1 Å². The van der Waals surface area contributed by atoms with Gasteiger partial charge >= 0.3 is 6.09 Å². The number of rotatable bonds is 13. The number of carbonyl (C=O) groups excluding carboxylic acids is 1. The van der Waals surface area contributed by atoms with Gasteiger partial charge in [0, 0.05) is 72.1 Å². The van der Waals surface area contributed by atoms with Gasteiger partial charge < -0.3 is 23.8 Å². The van der Waals surface area contributed by atoms with Crippen molar-refractivity contribution in [3.8, 4) is 5.75 Å². The van der Waals surface area contributed by atoms with Gasteiger partial charge in [-0.3, -0.25) is 9.80 Å². The summed E-state index contributed by atoms with van der Waals surface area (Å²) in [5.41, 5.74) is 6.97. The molecule has 1 aromatic heterocycles. The van der Waals surface area contributed by atoms with Crippen LogP contribution in [-0.2, 0) is 17.8 Å². The molecule has 2 fully saturated rings. The third-order valence-electron chi connectivity index (χ3n) is 9.68. The maximum atomic E-state index is 13.1. The van der Waals surface area contributed by atoms with Gasteiger partial charge in [-0.2, -0.15) is 0 Å². The van der Waals surface area contributed by atoms with Crippen molar-refractivity contribution in [1.29, 1.82) is 0 Å². The van der Waals surface area contributed by atoms with Gasteiger partial charge in [0.15, 0.2) is 0 Å². The lowest BCUT2D eigenvalue weighted by Gasteiger charge is -2.40. The molecule has 50 heavy (non-hydrogen) atoms. The first-order valence-corrected chi connectivity index (χ1v) is 17.8. The summed E-state index contributed by atoms with van der Waals surface area (Å²) < 4.78 is 13.7. The Balaban J connectivity index is 0.996. The normalized spacial score (nSPS) is 16.8. The van der Waals surface area contributed by atoms with Crippen LogP contribution >= 0.6 is 0 Å². The zero-order valence-corrected chi connectivity index (χ0v) is 29.5. The van der Waals surface area contributed by atoms with Gasteiger partial charge in [-0.25, -0.2) is 9.78 Å². The van der Waals surface area contributed by atoms with Crippen molar-refractivity contribution in [2.75, 3.05) is 70.5 Å². The first-order chi connectivity index (χ1) is 24.5. The van der Waals surface area contributed by atoms with E-state index in [9.17, 15) is 4.79 Å². The molecule has 0 radical (unpaired) electrons. The number of imidazole rings is 1. The molecule has 9 nitrogen and oxygen atoms in total. The summed E-state index contributed by atoms with van der Waals surface area (Å²) in [6, 6.07) is 25.1. The minimum atomic E-state index is -0.314. The SMILES string of the molecule is C=C/C=C(\C=C)C(c1ccc(C)cc1)N1CCN(Cc2ccc(OC(=O)N3CCN(c4nc5ccccc5n4CCOCC)CC3)cc2)CC1. The summed E-state index contributed by atoms with van der Waals surface area (Å²) in [6.07, 6.45) is 5.56. The molecule has 2 saturated heterocycles. The van der Waals surface area contributed by atoms with Crippen molar-refractivity contribution in [1.82, 2.24) is 24.3 Å². The molecule has 1 unspecified atom stereocenters. The first-order valence-electron chi connectivity index (χ1n) is 17.8. The molecule has 1 atom stereocenters. The fourth-order valence-corrected chi connectivity index (χ4v) is 6.95. The van der Waals surface area contributed by atoms with Crippen molar-refractivity contribution in [3.05, 3.63) is 126 Å². The highest BCUT2D eigenvalue weighted by atomic mass is 16.6. The lowest BCUT2D eigenvalue weighted by molar-refractivity contribution is 0.104. The largest absolute Gasteiger partial charge is 0.415 e. The van der Waals surface area contributed by atoms with E-state index in [-0.39, 0.29) is 12.1 Å². The molecule has 3 heterocycles. The summed E-state index contributed by atoms with van der Waals surface area (Å²) >= 11 is 0. The fraction of sp³-hybridized carbons (Fsp3) is 0.366. The van der Waals surface area contributed by atoms with Crippen molar-refractivity contribution < 1.29 is 14.3 Å². The average Bonchev–Trinajstić information content (AvgIpc) is 3.52. The third kappa shape index (κ3) is 8.35. The number of piperazine rings is 2. The van der Waals surface area contributed by atoms with E-state index >= 15 is 0 Å². The Morgan fingerprint density at radius 2 is 1.62 bits per heavy atom. The second kappa shape index (κ2) is 16.8. The number of nitrogens with zero attached hydrogens (tertiary/aromatic N) is 6. The van der Waals surface area contributed by atoms with E-state index in [1.165, 1.54) is 22.3 Å². The van der Waals surface area contributed by atoms with Crippen LogP contribution in [0.15, 0.2) is 110 Å². The molecule has 4 aromatic rings. The zero-order valence-electron chi connectivity index (χ0n) is 29.5. The topological polar surface area (TPSA) is 66.3 Å². The number of aromatic nitrogens is 2. The van der Waals surface area contributed by atoms with Gasteiger partial charge in [0.05, 0.1) is 23.7 Å². The number of fused-ring (bicyclic) bond motifs is 1. The number of ether oxygens (including phenoxy) is 2. The maximum Gasteiger partial charge on any atom is 0.415 e. The molecule has 262 valence electrons. The molecule has 0 spiro atoms. The molecule has 0 aliphatic carbocycles. The number of allylic oxidation sites excluding steroid dienone is 2. The summed E-state index contributed by atoms with van der Waals surface area (Å²) in [4.78, 5) is 27.1. The van der Waals surface area contributed by atoms with Crippen LogP contribution in [0.4, 0.5) is 10.7 Å². The van der Waals surface area contributed by atoms with E-state index in [2.05, 4.69) is 87.9 Å². The molecule has 2 aliphatic heterocycles. The molecule has 3 aromatic carbocycles. The van der Waals surface area contributed by atoms with E-state index in [1.807, 2.05) is 49.4 Å². The van der Waals surface area contributed by atoms with Gasteiger partial charge in [-0.05, 0) is 54.8 Å². The summed E-state index contributed by atoms with van der Waals surface area (Å²) in [5, 5.41) is 0. The van der Waals surface area contributed by atoms with Crippen molar-refractivity contribution in [3.63, 3.8) is 0 Å². The standard InChI is InChI=1S/C41H50N6O3/c1-5-10-34(6-2)39(35-17-13-32(4)14-18-35)44-23-21-43(22-24-44)31-33-15-19-36(20-16-33)50-41(48)46-27-25-45(26-28-46)40-42-37-11-8-9-12-38(37)47(40)29-30-49-7-3/h5-6,8-20,39H,1-2,7,21-31H2,3-4H3/b34-10+. The predicted molar refractivity (Wildman–Crippen MR) is 202 cm³/mol. The highest BCUT2D eigenvalue weighted by Crippen LogP contribution is 2.31. The summed E-state index contributed by atoms with van der Waals surface area (Å²) in [6.45, 7) is 21.4. The molecule has 6 rings (SSSR count). The number of hydrogen-bond donors (Lipinski definition) is 0. The highest BCUT2D eigenvalue weighted by molar-refractivity contribution is 5.79. The Bertz CT molecular complexity index is 1760. The number of carbonyl (C=O) groups is 1. The Labute approximate surface area is 296 Å². The average molecular weight is 675 g/mol. The van der Waals surface area contributed by atoms with Gasteiger partial charge in [-0.15, -0.1) is 0 Å². The summed E-state index contributed by atoms with van der Waals surface area (Å²) in [5.74, 6) is 1.49. The van der Waals surface area contributed by atoms with Crippen molar-refractivity contribution in [2.24, 2.45) is 0 Å². The van der Waals surface area contributed by atoms with Crippen LogP contribution in [-0.4, -0.2) is 95.9 Å². The van der Waals surface area contributed by atoms with Crippen LogP contribution in [0.1, 0.15) is 29.7 Å². The first kappa shape index (κ1) is 35.1. The lowest BCUT2D eigenvalue weighted by Crippen LogP contribution is -2.50. The number of aryl methyl sites for hydroxylation is 1. The molecule has 1 amide bonds. The molecule has 0 N–H and O–H groups in total.